The predicted octanol–water partition coefficient (Wildman–Crippen LogP) is 4.28. The molecule has 1 N–H and O–H groups in total. The molecule has 1 saturated heterocycles. The van der Waals surface area contributed by atoms with Gasteiger partial charge in [-0.3, -0.25) is 0 Å². The quantitative estimate of drug-likeness (QED) is 0.847. The SMILES string of the molecule is FC1(F)CCC(c2nnc(NCc3cnc(C4CCCO4)s3)o2)CC1. The number of anilines is 1. The Morgan fingerprint density at radius 2 is 2.08 bits per heavy atom. The maximum absolute atomic E-state index is 13.2. The van der Waals surface area contributed by atoms with Gasteiger partial charge in [0.1, 0.15) is 11.1 Å². The van der Waals surface area contributed by atoms with Crippen LogP contribution in [0.1, 0.15) is 66.3 Å². The van der Waals surface area contributed by atoms with Crippen LogP contribution < -0.4 is 5.32 Å². The molecule has 0 aromatic carbocycles. The summed E-state index contributed by atoms with van der Waals surface area (Å²) in [7, 11) is 0. The van der Waals surface area contributed by atoms with Crippen LogP contribution in [0.3, 0.4) is 0 Å². The lowest BCUT2D eigenvalue weighted by Gasteiger charge is -2.25. The molecule has 1 aliphatic heterocycles. The minimum Gasteiger partial charge on any atom is -0.408 e. The van der Waals surface area contributed by atoms with Crippen molar-refractivity contribution >= 4 is 17.4 Å². The third-order valence-corrected chi connectivity index (χ3v) is 5.79. The van der Waals surface area contributed by atoms with Crippen LogP contribution in [-0.4, -0.2) is 27.7 Å². The smallest absolute Gasteiger partial charge is 0.315 e. The Bertz CT molecular complexity index is 705. The topological polar surface area (TPSA) is 73.1 Å². The van der Waals surface area contributed by atoms with Crippen LogP contribution in [0, 0.1) is 0 Å². The van der Waals surface area contributed by atoms with Gasteiger partial charge in [-0.2, -0.15) is 0 Å². The fourth-order valence-corrected chi connectivity index (χ4v) is 4.19. The Hall–Kier alpha value is -1.61. The standard InChI is InChI=1S/C16H20F2N4O2S/c17-16(18)5-3-10(4-6-16)13-21-22-15(24-13)20-9-11-8-19-14(25-11)12-2-1-7-23-12/h8,10,12H,1-7,9H2,(H,20,22). The summed E-state index contributed by atoms with van der Waals surface area (Å²) in [5, 5.41) is 12.1. The summed E-state index contributed by atoms with van der Waals surface area (Å²) in [4.78, 5) is 5.48. The first kappa shape index (κ1) is 16.8. The van der Waals surface area contributed by atoms with Crippen molar-refractivity contribution in [1.29, 1.82) is 0 Å². The molecule has 0 radical (unpaired) electrons. The summed E-state index contributed by atoms with van der Waals surface area (Å²) in [5.74, 6) is -2.18. The summed E-state index contributed by atoms with van der Waals surface area (Å²) in [5.41, 5.74) is 0. The third-order valence-electron chi connectivity index (χ3n) is 4.70. The van der Waals surface area contributed by atoms with Gasteiger partial charge < -0.3 is 14.5 Å². The summed E-state index contributed by atoms with van der Waals surface area (Å²) in [6, 6.07) is 0.319. The molecule has 9 heteroatoms. The normalized spacial score (nSPS) is 23.8. The fraction of sp³-hybridized carbons (Fsp3) is 0.688. The van der Waals surface area contributed by atoms with E-state index < -0.39 is 5.92 Å². The number of nitrogens with one attached hydrogen (secondary N) is 1. The number of nitrogens with zero attached hydrogens (tertiary/aromatic N) is 3. The zero-order chi connectivity index (χ0) is 17.3. The summed E-state index contributed by atoms with van der Waals surface area (Å²) in [6.07, 6.45) is 4.59. The minimum absolute atomic E-state index is 0.0720. The molecule has 1 saturated carbocycles. The van der Waals surface area contributed by atoms with E-state index in [9.17, 15) is 8.78 Å². The van der Waals surface area contributed by atoms with E-state index in [1.165, 1.54) is 0 Å². The van der Waals surface area contributed by atoms with Gasteiger partial charge in [0.2, 0.25) is 11.8 Å². The van der Waals surface area contributed by atoms with Crippen LogP contribution in [0.25, 0.3) is 0 Å². The van der Waals surface area contributed by atoms with Gasteiger partial charge in [-0.05, 0) is 25.7 Å². The molecule has 2 aromatic heterocycles. The lowest BCUT2D eigenvalue weighted by atomic mass is 9.87. The molecular weight excluding hydrogens is 350 g/mol. The first-order chi connectivity index (χ1) is 12.1. The van der Waals surface area contributed by atoms with Gasteiger partial charge in [-0.15, -0.1) is 16.4 Å². The van der Waals surface area contributed by atoms with Gasteiger partial charge >= 0.3 is 6.01 Å². The molecule has 2 aromatic rings. The molecule has 2 fully saturated rings. The first-order valence-corrected chi connectivity index (χ1v) is 9.42. The van der Waals surface area contributed by atoms with E-state index in [4.69, 9.17) is 9.15 Å². The highest BCUT2D eigenvalue weighted by Crippen LogP contribution is 2.40. The van der Waals surface area contributed by atoms with E-state index in [-0.39, 0.29) is 24.9 Å². The maximum Gasteiger partial charge on any atom is 0.315 e. The molecule has 136 valence electrons. The Morgan fingerprint density at radius 1 is 1.24 bits per heavy atom. The van der Waals surface area contributed by atoms with Gasteiger partial charge in [0.15, 0.2) is 0 Å². The Labute approximate surface area is 148 Å². The van der Waals surface area contributed by atoms with Crippen LogP contribution in [0.4, 0.5) is 14.8 Å². The molecule has 6 nitrogen and oxygen atoms in total. The van der Waals surface area contributed by atoms with Gasteiger partial charge in [-0.25, -0.2) is 13.8 Å². The van der Waals surface area contributed by atoms with Crippen molar-refractivity contribution in [2.24, 2.45) is 0 Å². The second-order valence-electron chi connectivity index (χ2n) is 6.60. The zero-order valence-corrected chi connectivity index (χ0v) is 14.5. The minimum atomic E-state index is -2.55. The van der Waals surface area contributed by atoms with Crippen molar-refractivity contribution in [3.63, 3.8) is 0 Å². The Kier molecular flexibility index (Phi) is 4.68. The lowest BCUT2D eigenvalue weighted by molar-refractivity contribution is -0.0398. The van der Waals surface area contributed by atoms with Crippen LogP contribution in [0.15, 0.2) is 10.6 Å². The summed E-state index contributed by atoms with van der Waals surface area (Å²) < 4.78 is 37.7. The zero-order valence-electron chi connectivity index (χ0n) is 13.7. The molecule has 1 aliphatic carbocycles. The average molecular weight is 370 g/mol. The van der Waals surface area contributed by atoms with Crippen molar-refractivity contribution in [1.82, 2.24) is 15.2 Å². The highest BCUT2D eigenvalue weighted by atomic mass is 32.1. The van der Waals surface area contributed by atoms with Gasteiger partial charge in [0.05, 0.1) is 6.54 Å². The van der Waals surface area contributed by atoms with Crippen molar-refractivity contribution in [2.45, 2.75) is 63.0 Å². The van der Waals surface area contributed by atoms with Crippen molar-refractivity contribution in [3.8, 4) is 0 Å². The number of alkyl halides is 2. The number of aromatic nitrogens is 3. The molecule has 0 spiro atoms. The number of thiazole rings is 1. The molecule has 2 aliphatic rings. The van der Waals surface area contributed by atoms with Crippen LogP contribution in [0.5, 0.6) is 0 Å². The highest BCUT2D eigenvalue weighted by molar-refractivity contribution is 7.11. The average Bonchev–Trinajstić information content (AvgIpc) is 3.33. The molecule has 4 rings (SSSR count). The fourth-order valence-electron chi connectivity index (χ4n) is 3.25. The van der Waals surface area contributed by atoms with E-state index in [1.807, 2.05) is 6.20 Å². The second kappa shape index (κ2) is 6.95. The molecule has 1 atom stereocenters. The summed E-state index contributed by atoms with van der Waals surface area (Å²) in [6.45, 7) is 1.34. The van der Waals surface area contributed by atoms with E-state index >= 15 is 0 Å². The lowest BCUT2D eigenvalue weighted by Crippen LogP contribution is -2.23. The number of hydrogen-bond donors (Lipinski definition) is 1. The number of ether oxygens (including phenoxy) is 1. The molecular formula is C16H20F2N4O2S. The Morgan fingerprint density at radius 3 is 2.84 bits per heavy atom. The molecule has 0 amide bonds. The van der Waals surface area contributed by atoms with Crippen LogP contribution >= 0.6 is 11.3 Å². The second-order valence-corrected chi connectivity index (χ2v) is 7.74. The first-order valence-electron chi connectivity index (χ1n) is 8.60. The third kappa shape index (κ3) is 3.98. The van der Waals surface area contributed by atoms with E-state index in [0.717, 1.165) is 29.3 Å². The van der Waals surface area contributed by atoms with Gasteiger partial charge in [0.25, 0.3) is 0 Å². The van der Waals surface area contributed by atoms with Crippen LogP contribution in [-0.2, 0) is 11.3 Å². The van der Waals surface area contributed by atoms with Gasteiger partial charge in [0, 0.05) is 36.4 Å². The van der Waals surface area contributed by atoms with Crippen LogP contribution in [0.2, 0.25) is 0 Å². The molecule has 3 heterocycles. The maximum atomic E-state index is 13.2. The molecule has 0 bridgehead atoms. The largest absolute Gasteiger partial charge is 0.408 e. The van der Waals surface area contributed by atoms with E-state index in [0.29, 0.717) is 31.3 Å². The van der Waals surface area contributed by atoms with Crippen molar-refractivity contribution in [2.75, 3.05) is 11.9 Å². The predicted molar refractivity (Wildman–Crippen MR) is 87.8 cm³/mol. The number of rotatable bonds is 5. The number of halogens is 2. The monoisotopic (exact) mass is 370 g/mol. The van der Waals surface area contributed by atoms with Crippen molar-refractivity contribution < 1.29 is 17.9 Å². The summed E-state index contributed by atoms with van der Waals surface area (Å²) >= 11 is 1.61. The Balaban J connectivity index is 1.31. The number of hydrogen-bond acceptors (Lipinski definition) is 7. The molecule has 25 heavy (non-hydrogen) atoms. The highest BCUT2D eigenvalue weighted by Gasteiger charge is 2.37. The van der Waals surface area contributed by atoms with E-state index in [1.54, 1.807) is 11.3 Å². The van der Waals surface area contributed by atoms with E-state index in [2.05, 4.69) is 20.5 Å². The molecule has 1 unspecified atom stereocenters. The van der Waals surface area contributed by atoms with Gasteiger partial charge in [-0.1, -0.05) is 5.10 Å². The van der Waals surface area contributed by atoms with Crippen molar-refractivity contribution in [3.05, 3.63) is 22.0 Å².